The lowest BCUT2D eigenvalue weighted by Gasteiger charge is -2.30. The third kappa shape index (κ3) is 6.68. The zero-order valence-electron chi connectivity index (χ0n) is 24.0. The number of allylic oxidation sites excluding steroid dienone is 1. The number of sulfonamides is 1. The molecule has 0 aliphatic heterocycles. The number of carboxylic acids is 1. The number of carbonyl (C=O) groups excluding carboxylic acids is 2. The van der Waals surface area contributed by atoms with Crippen LogP contribution in [0.3, 0.4) is 0 Å². The molecule has 1 aliphatic carbocycles. The zero-order valence-corrected chi connectivity index (χ0v) is 24.8. The Kier molecular flexibility index (Phi) is 8.91. The number of aromatic nitrogens is 1. The molecular formula is C32H30N6O6S. The van der Waals surface area contributed by atoms with Gasteiger partial charge in [-0.2, -0.15) is 0 Å². The average molecular weight is 627 g/mol. The number of nitrogens with one attached hydrogen (secondary N) is 2. The Labute approximate surface area is 259 Å². The molecular weight excluding hydrogens is 596 g/mol. The number of carbonyl (C=O) groups is 3. The minimum Gasteiger partial charge on any atom is -0.480 e. The van der Waals surface area contributed by atoms with E-state index < -0.39 is 46.9 Å². The van der Waals surface area contributed by atoms with Crippen LogP contribution in [-0.4, -0.2) is 64.5 Å². The van der Waals surface area contributed by atoms with Crippen LogP contribution in [0.15, 0.2) is 95.7 Å². The predicted molar refractivity (Wildman–Crippen MR) is 167 cm³/mol. The molecule has 4 aromatic rings. The number of benzene rings is 3. The van der Waals surface area contributed by atoms with E-state index >= 15 is 0 Å². The summed E-state index contributed by atoms with van der Waals surface area (Å²) in [7, 11) is -4.37. The molecule has 0 saturated heterocycles. The molecule has 2 amide bonds. The van der Waals surface area contributed by atoms with Crippen LogP contribution < -0.4 is 11.1 Å². The molecule has 0 fully saturated rings. The van der Waals surface area contributed by atoms with Gasteiger partial charge in [0.1, 0.15) is 18.0 Å². The molecule has 230 valence electrons. The number of nitrogens with zero attached hydrogens (tertiary/aromatic N) is 3. The number of guanidine groups is 1. The summed E-state index contributed by atoms with van der Waals surface area (Å²) in [5, 5.41) is 19.9. The molecule has 0 spiro atoms. The molecule has 5 rings (SSSR count). The molecule has 3 aromatic carbocycles. The van der Waals surface area contributed by atoms with Crippen LogP contribution >= 0.6 is 0 Å². The topological polar surface area (TPSA) is 187 Å². The highest BCUT2D eigenvalue weighted by atomic mass is 32.2. The van der Waals surface area contributed by atoms with Gasteiger partial charge in [0.2, 0.25) is 5.91 Å². The van der Waals surface area contributed by atoms with Gasteiger partial charge >= 0.3 is 5.97 Å². The van der Waals surface area contributed by atoms with Gasteiger partial charge in [0.05, 0.1) is 12.1 Å². The minimum absolute atomic E-state index is 0.0936. The van der Waals surface area contributed by atoms with Gasteiger partial charge in [-0.15, -0.1) is 0 Å². The van der Waals surface area contributed by atoms with Gasteiger partial charge in [0, 0.05) is 22.8 Å². The lowest BCUT2D eigenvalue weighted by atomic mass is 9.90. The van der Waals surface area contributed by atoms with Crippen molar-refractivity contribution in [3.8, 4) is 0 Å². The van der Waals surface area contributed by atoms with Gasteiger partial charge in [-0.1, -0.05) is 60.7 Å². The fraction of sp³-hybridized carbons (Fsp3) is 0.156. The van der Waals surface area contributed by atoms with E-state index in [2.05, 4.69) is 10.3 Å². The summed E-state index contributed by atoms with van der Waals surface area (Å²) >= 11 is 0. The van der Waals surface area contributed by atoms with E-state index in [0.29, 0.717) is 22.1 Å². The number of nitrogens with two attached hydrogens (primary N) is 1. The number of fused-ring (bicyclic) bond motifs is 2. The Hall–Kier alpha value is -5.56. The van der Waals surface area contributed by atoms with Gasteiger partial charge in [0.15, 0.2) is 5.96 Å². The van der Waals surface area contributed by atoms with E-state index in [9.17, 15) is 22.8 Å². The van der Waals surface area contributed by atoms with E-state index in [1.54, 1.807) is 48.5 Å². The van der Waals surface area contributed by atoms with Crippen molar-refractivity contribution in [2.75, 3.05) is 13.1 Å². The second-order valence-electron chi connectivity index (χ2n) is 10.3. The van der Waals surface area contributed by atoms with Crippen molar-refractivity contribution in [1.29, 1.82) is 5.41 Å². The van der Waals surface area contributed by atoms with E-state index in [4.69, 9.17) is 16.2 Å². The number of para-hydroxylation sites is 1. The van der Waals surface area contributed by atoms with Gasteiger partial charge in [-0.3, -0.25) is 34.0 Å². The third-order valence-corrected chi connectivity index (χ3v) is 9.15. The van der Waals surface area contributed by atoms with Crippen LogP contribution in [0.4, 0.5) is 0 Å². The molecule has 45 heavy (non-hydrogen) atoms. The van der Waals surface area contributed by atoms with Gasteiger partial charge < -0.3 is 16.2 Å². The maximum Gasteiger partial charge on any atom is 0.322 e. The van der Waals surface area contributed by atoms with Crippen molar-refractivity contribution >= 4 is 50.7 Å². The maximum atomic E-state index is 14.2. The standard InChI is InChI=1S/C32H30N6O6S/c33-32(34)37(19-21-7-2-1-3-8-21)31(42)26-12-4-10-23-17-24(14-15-25(23)26)38(20-28(39)36-18-29(40)41)45(43,44)27-13-5-9-22-11-6-16-35-30(22)27/h1-13,16-17H,14-15,18-20H2,(H3,33,34)(H,36,39)(H,40,41). The van der Waals surface area contributed by atoms with Crippen molar-refractivity contribution in [3.63, 3.8) is 0 Å². The first-order chi connectivity index (χ1) is 21.6. The van der Waals surface area contributed by atoms with Crippen molar-refractivity contribution in [2.45, 2.75) is 24.3 Å². The summed E-state index contributed by atoms with van der Waals surface area (Å²) in [5.41, 5.74) is 8.63. The summed E-state index contributed by atoms with van der Waals surface area (Å²) in [5.74, 6) is -2.96. The minimum atomic E-state index is -4.37. The maximum absolute atomic E-state index is 14.2. The number of rotatable bonds is 10. The van der Waals surface area contributed by atoms with E-state index in [0.717, 1.165) is 9.87 Å². The van der Waals surface area contributed by atoms with Crippen LogP contribution in [0, 0.1) is 5.41 Å². The monoisotopic (exact) mass is 626 g/mol. The Morgan fingerprint density at radius 1 is 0.956 bits per heavy atom. The fourth-order valence-corrected chi connectivity index (χ4v) is 6.85. The highest BCUT2D eigenvalue weighted by Crippen LogP contribution is 2.33. The highest BCUT2D eigenvalue weighted by molar-refractivity contribution is 7.89. The zero-order chi connectivity index (χ0) is 32.1. The molecule has 1 heterocycles. The van der Waals surface area contributed by atoms with Crippen LogP contribution in [0.2, 0.25) is 0 Å². The number of aliphatic carboxylic acids is 1. The van der Waals surface area contributed by atoms with E-state index in [-0.39, 0.29) is 35.5 Å². The highest BCUT2D eigenvalue weighted by Gasteiger charge is 2.33. The number of amides is 2. The van der Waals surface area contributed by atoms with Crippen LogP contribution in [0.25, 0.3) is 17.0 Å². The molecule has 1 aliphatic rings. The van der Waals surface area contributed by atoms with Crippen LogP contribution in [-0.2, 0) is 32.6 Å². The number of hydrogen-bond donors (Lipinski definition) is 4. The van der Waals surface area contributed by atoms with Crippen LogP contribution in [0.1, 0.15) is 33.5 Å². The first-order valence-corrected chi connectivity index (χ1v) is 15.4. The second kappa shape index (κ2) is 13.0. The molecule has 0 saturated carbocycles. The van der Waals surface area contributed by atoms with E-state index in [1.807, 2.05) is 30.3 Å². The van der Waals surface area contributed by atoms with E-state index in [1.165, 1.54) is 17.2 Å². The summed E-state index contributed by atoms with van der Waals surface area (Å²) in [6.07, 6.45) is 3.46. The third-order valence-electron chi connectivity index (χ3n) is 7.32. The fourth-order valence-electron chi connectivity index (χ4n) is 5.20. The number of pyridine rings is 1. The first-order valence-electron chi connectivity index (χ1n) is 13.9. The summed E-state index contributed by atoms with van der Waals surface area (Å²) in [6, 6.07) is 22.3. The van der Waals surface area contributed by atoms with Crippen molar-refractivity contribution < 1.29 is 27.9 Å². The lowest BCUT2D eigenvalue weighted by molar-refractivity contribution is -0.137. The summed E-state index contributed by atoms with van der Waals surface area (Å²) < 4.78 is 29.4. The normalized spacial score (nSPS) is 12.5. The Morgan fingerprint density at radius 2 is 1.69 bits per heavy atom. The molecule has 5 N–H and O–H groups in total. The molecule has 0 atom stereocenters. The second-order valence-corrected chi connectivity index (χ2v) is 12.1. The number of hydrogen-bond acceptors (Lipinski definition) is 7. The van der Waals surface area contributed by atoms with Crippen molar-refractivity contribution in [1.82, 2.24) is 19.5 Å². The largest absolute Gasteiger partial charge is 0.480 e. The quantitative estimate of drug-likeness (QED) is 0.153. The smallest absolute Gasteiger partial charge is 0.322 e. The summed E-state index contributed by atoms with van der Waals surface area (Å²) in [6.45, 7) is -1.25. The SMILES string of the molecule is N=C(N)N(Cc1ccccc1)C(=O)c1cccc2c1CCC(N(CC(=O)NCC(=O)O)S(=O)(=O)c1cccc3cccnc13)=C2. The Morgan fingerprint density at radius 3 is 2.42 bits per heavy atom. The van der Waals surface area contributed by atoms with Gasteiger partial charge in [-0.25, -0.2) is 8.42 Å². The molecule has 0 unspecified atom stereocenters. The summed E-state index contributed by atoms with van der Waals surface area (Å²) in [4.78, 5) is 42.9. The number of carboxylic acid groups (broad SMARTS) is 1. The molecule has 1 aromatic heterocycles. The van der Waals surface area contributed by atoms with Crippen LogP contribution in [0.5, 0.6) is 0 Å². The average Bonchev–Trinajstić information content (AvgIpc) is 3.04. The van der Waals surface area contributed by atoms with Crippen molar-refractivity contribution in [2.24, 2.45) is 5.73 Å². The van der Waals surface area contributed by atoms with Gasteiger partial charge in [0.25, 0.3) is 15.9 Å². The van der Waals surface area contributed by atoms with Crippen molar-refractivity contribution in [3.05, 3.63) is 113 Å². The van der Waals surface area contributed by atoms with Gasteiger partial charge in [-0.05, 0) is 53.8 Å². The Balaban J connectivity index is 1.54. The molecule has 0 bridgehead atoms. The Bertz CT molecular complexity index is 1940. The molecule has 12 nitrogen and oxygen atoms in total. The molecule has 13 heteroatoms. The lowest BCUT2D eigenvalue weighted by Crippen LogP contribution is -2.42. The molecule has 0 radical (unpaired) electrons. The first kappa shape index (κ1) is 30.9. The predicted octanol–water partition coefficient (Wildman–Crippen LogP) is 2.95.